The number of hydrogen-bond acceptors (Lipinski definition) is 6. The number of anilines is 2. The Morgan fingerprint density at radius 2 is 1.64 bits per heavy atom. The minimum absolute atomic E-state index is 0. The number of nitrogens with zero attached hydrogens (tertiary/aromatic N) is 3. The molecule has 3 aliphatic rings. The Morgan fingerprint density at radius 1 is 1.06 bits per heavy atom. The fourth-order valence-electron chi connectivity index (χ4n) is 5.48. The van der Waals surface area contributed by atoms with Gasteiger partial charge in [-0.05, 0) is 73.6 Å². The van der Waals surface area contributed by atoms with Crippen molar-refractivity contribution in [1.82, 2.24) is 14.7 Å². The van der Waals surface area contributed by atoms with E-state index in [1.54, 1.807) is 0 Å². The maximum atomic E-state index is 13.6. The fourth-order valence-corrected chi connectivity index (χ4v) is 6.84. The summed E-state index contributed by atoms with van der Waals surface area (Å²) in [6.07, 6.45) is 9.99. The van der Waals surface area contributed by atoms with Crippen molar-refractivity contribution in [1.29, 1.82) is 0 Å². The quantitative estimate of drug-likeness (QED) is 0.541. The molecule has 1 aromatic carbocycles. The average molecular weight is 524 g/mol. The van der Waals surface area contributed by atoms with E-state index in [4.69, 9.17) is 4.74 Å². The summed E-state index contributed by atoms with van der Waals surface area (Å²) in [5.41, 5.74) is 5.99. The molecule has 5 rings (SSSR count). The number of nitrogens with one attached hydrogen (secondary N) is 2. The number of ether oxygens (including phenoxy) is 1. The van der Waals surface area contributed by atoms with Crippen molar-refractivity contribution in [3.63, 3.8) is 0 Å². The number of fused-ring (bicyclic) bond motifs is 2. The van der Waals surface area contributed by atoms with Crippen LogP contribution >= 0.6 is 0 Å². The van der Waals surface area contributed by atoms with Crippen LogP contribution < -0.4 is 43.9 Å². The zero-order chi connectivity index (χ0) is 24.6. The van der Waals surface area contributed by atoms with Crippen molar-refractivity contribution in [2.75, 3.05) is 22.8 Å². The van der Waals surface area contributed by atoms with Crippen LogP contribution in [0.25, 0.3) is 0 Å². The first-order chi connectivity index (χ1) is 16.8. The summed E-state index contributed by atoms with van der Waals surface area (Å²) >= 11 is 0. The van der Waals surface area contributed by atoms with Crippen LogP contribution in [0.1, 0.15) is 75.0 Å². The minimum atomic E-state index is -4.22. The van der Waals surface area contributed by atoms with Crippen LogP contribution in [0.4, 0.5) is 16.2 Å². The summed E-state index contributed by atoms with van der Waals surface area (Å²) in [6, 6.07) is 1.18. The molecule has 0 unspecified atom stereocenters. The SMILES string of the molecule is CC(C)c1ncc(N(C2CCOCC2)S(=O)(=O)NC(=O)Nc2c3c(cc4c2CCC4)CCC3)cn1.[H-].[Na+]. The number of rotatable bonds is 6. The first-order valence-corrected chi connectivity index (χ1v) is 14.0. The summed E-state index contributed by atoms with van der Waals surface area (Å²) in [5.74, 6) is 0.756. The number of carbonyl (C=O) groups excluding carboxylic acids is 1. The molecule has 190 valence electrons. The normalized spacial score (nSPS) is 17.3. The summed E-state index contributed by atoms with van der Waals surface area (Å²) in [4.78, 5) is 21.8. The Bertz CT molecular complexity index is 1190. The van der Waals surface area contributed by atoms with Crippen LogP contribution in [0.15, 0.2) is 18.5 Å². The third-order valence-electron chi connectivity index (χ3n) is 7.14. The molecule has 1 saturated heterocycles. The number of carbonyl (C=O) groups is 1. The molecule has 0 saturated carbocycles. The predicted octanol–water partition coefficient (Wildman–Crippen LogP) is 0.746. The topological polar surface area (TPSA) is 114 Å². The van der Waals surface area contributed by atoms with Crippen LogP contribution in [0.3, 0.4) is 0 Å². The van der Waals surface area contributed by atoms with Crippen molar-refractivity contribution < 1.29 is 48.9 Å². The van der Waals surface area contributed by atoms with Gasteiger partial charge in [0, 0.05) is 24.8 Å². The van der Waals surface area contributed by atoms with Gasteiger partial charge in [0.25, 0.3) is 0 Å². The van der Waals surface area contributed by atoms with E-state index in [0.29, 0.717) is 37.6 Å². The standard InChI is InChI=1S/C25H33N5O4S.Na.H/c1-16(2)24-26-14-20(15-27-24)30(19-9-11-34-12-10-19)35(32,33)29-25(31)28-23-21-7-3-5-17(21)13-18-6-4-8-22(18)23;;/h13-16,19H,3-12H2,1-2H3,(H2,28,29,31);;/q;+1;-1. The monoisotopic (exact) mass is 523 g/mol. The van der Waals surface area contributed by atoms with E-state index in [1.807, 2.05) is 13.8 Å². The Morgan fingerprint density at radius 3 is 2.19 bits per heavy atom. The van der Waals surface area contributed by atoms with Gasteiger partial charge in [-0.1, -0.05) is 19.9 Å². The van der Waals surface area contributed by atoms with Crippen molar-refractivity contribution in [2.45, 2.75) is 77.2 Å². The second-order valence-corrected chi connectivity index (χ2v) is 11.4. The smallest absolute Gasteiger partial charge is 1.00 e. The molecule has 1 fully saturated rings. The predicted molar refractivity (Wildman–Crippen MR) is 135 cm³/mol. The van der Waals surface area contributed by atoms with Gasteiger partial charge in [0.15, 0.2) is 0 Å². The molecule has 2 amide bonds. The molecule has 36 heavy (non-hydrogen) atoms. The van der Waals surface area contributed by atoms with E-state index in [0.717, 1.165) is 55.3 Å². The van der Waals surface area contributed by atoms with Crippen LogP contribution in [0.2, 0.25) is 0 Å². The van der Waals surface area contributed by atoms with Gasteiger partial charge >= 0.3 is 45.8 Å². The van der Waals surface area contributed by atoms with Crippen molar-refractivity contribution in [2.24, 2.45) is 0 Å². The molecule has 2 aromatic rings. The number of urea groups is 1. The van der Waals surface area contributed by atoms with Crippen LogP contribution in [-0.2, 0) is 40.6 Å². The zero-order valence-electron chi connectivity index (χ0n) is 22.3. The van der Waals surface area contributed by atoms with Crippen LogP contribution in [-0.4, -0.2) is 43.7 Å². The van der Waals surface area contributed by atoms with Gasteiger partial charge in [-0.25, -0.2) is 23.8 Å². The average Bonchev–Trinajstić information content (AvgIpc) is 3.49. The second-order valence-electron chi connectivity index (χ2n) is 9.89. The Hall–Kier alpha value is -1.72. The molecule has 2 N–H and O–H groups in total. The Balaban J connectivity index is 0.00000190. The van der Waals surface area contributed by atoms with E-state index >= 15 is 0 Å². The van der Waals surface area contributed by atoms with Crippen LogP contribution in [0, 0.1) is 0 Å². The molecule has 9 nitrogen and oxygen atoms in total. The Kier molecular flexibility index (Phi) is 8.61. The van der Waals surface area contributed by atoms with Gasteiger partial charge in [-0.2, -0.15) is 8.42 Å². The second kappa shape index (κ2) is 11.3. The molecule has 0 radical (unpaired) electrons. The summed E-state index contributed by atoms with van der Waals surface area (Å²) < 4.78 is 36.1. The van der Waals surface area contributed by atoms with Crippen molar-refractivity contribution >= 4 is 27.6 Å². The van der Waals surface area contributed by atoms with Gasteiger partial charge in [-0.15, -0.1) is 0 Å². The molecule has 11 heteroatoms. The zero-order valence-corrected chi connectivity index (χ0v) is 24.2. The van der Waals surface area contributed by atoms with E-state index in [2.05, 4.69) is 26.1 Å². The number of aromatic nitrogens is 2. The fraction of sp³-hybridized carbons (Fsp3) is 0.560. The number of hydrogen-bond donors (Lipinski definition) is 2. The first-order valence-electron chi connectivity index (χ1n) is 12.5. The van der Waals surface area contributed by atoms with E-state index in [1.165, 1.54) is 27.8 Å². The molecule has 2 aliphatic carbocycles. The van der Waals surface area contributed by atoms with E-state index in [9.17, 15) is 13.2 Å². The summed E-state index contributed by atoms with van der Waals surface area (Å²) in [7, 11) is -4.22. The summed E-state index contributed by atoms with van der Waals surface area (Å²) in [6.45, 7) is 4.86. The van der Waals surface area contributed by atoms with E-state index in [-0.39, 0.29) is 42.9 Å². The molecule has 2 heterocycles. The summed E-state index contributed by atoms with van der Waals surface area (Å²) in [5, 5.41) is 2.92. The molecule has 0 atom stereocenters. The number of benzene rings is 1. The third kappa shape index (κ3) is 5.57. The van der Waals surface area contributed by atoms with Gasteiger partial charge in [0.05, 0.1) is 24.1 Å². The van der Waals surface area contributed by atoms with Crippen molar-refractivity contribution in [3.05, 3.63) is 46.5 Å². The van der Waals surface area contributed by atoms with Gasteiger partial charge in [0.2, 0.25) is 0 Å². The third-order valence-corrected chi connectivity index (χ3v) is 8.61. The van der Waals surface area contributed by atoms with Gasteiger partial charge < -0.3 is 11.5 Å². The maximum Gasteiger partial charge on any atom is 1.00 e. The first kappa shape index (κ1) is 27.3. The largest absolute Gasteiger partial charge is 1.00 e. The number of amides is 2. The molecule has 1 aromatic heterocycles. The minimum Gasteiger partial charge on any atom is -1.00 e. The van der Waals surface area contributed by atoms with Gasteiger partial charge in [-0.3, -0.25) is 0 Å². The molecular formula is C25H34N5NaO4S. The molecular weight excluding hydrogens is 489 g/mol. The molecule has 1 aliphatic heterocycles. The maximum absolute atomic E-state index is 13.6. The van der Waals surface area contributed by atoms with E-state index < -0.39 is 16.2 Å². The number of aryl methyl sites for hydroxylation is 2. The van der Waals surface area contributed by atoms with Crippen LogP contribution in [0.5, 0.6) is 0 Å². The Labute approximate surface area is 236 Å². The van der Waals surface area contributed by atoms with Gasteiger partial charge in [0.1, 0.15) is 5.82 Å². The van der Waals surface area contributed by atoms with Crippen molar-refractivity contribution in [3.8, 4) is 0 Å². The molecule has 0 bridgehead atoms. The molecule has 0 spiro atoms.